The Kier molecular flexibility index (Phi) is 3.47. The molecular formula is C13H13FN2O2. The number of halogens is 1. The van der Waals surface area contributed by atoms with Crippen LogP contribution in [0.1, 0.15) is 29.6 Å². The van der Waals surface area contributed by atoms with E-state index in [0.29, 0.717) is 18.7 Å². The highest BCUT2D eigenvalue weighted by Crippen LogP contribution is 2.33. The lowest BCUT2D eigenvalue weighted by Crippen LogP contribution is -2.27. The maximum atomic E-state index is 13.9. The van der Waals surface area contributed by atoms with Crippen molar-refractivity contribution in [1.82, 2.24) is 0 Å². The molecule has 0 unspecified atom stereocenters. The van der Waals surface area contributed by atoms with Crippen LogP contribution in [0.4, 0.5) is 10.1 Å². The van der Waals surface area contributed by atoms with E-state index in [1.54, 1.807) is 0 Å². The number of carboxylic acids is 1. The molecule has 0 bridgehead atoms. The maximum absolute atomic E-state index is 13.9. The van der Waals surface area contributed by atoms with Gasteiger partial charge in [-0.05, 0) is 31.0 Å². The zero-order valence-corrected chi connectivity index (χ0v) is 9.77. The van der Waals surface area contributed by atoms with Gasteiger partial charge in [0.1, 0.15) is 5.82 Å². The van der Waals surface area contributed by atoms with Crippen LogP contribution in [-0.4, -0.2) is 23.7 Å². The van der Waals surface area contributed by atoms with Gasteiger partial charge in [-0.3, -0.25) is 0 Å². The Bertz CT molecular complexity index is 506. The molecule has 1 aromatic carbocycles. The molecule has 0 spiro atoms. The summed E-state index contributed by atoms with van der Waals surface area (Å²) in [6.45, 7) is 0.477. The molecule has 4 nitrogen and oxygen atoms in total. The second-order valence-electron chi connectivity index (χ2n) is 4.30. The van der Waals surface area contributed by atoms with E-state index < -0.39 is 11.8 Å². The molecule has 0 radical (unpaired) electrons. The van der Waals surface area contributed by atoms with E-state index in [0.717, 1.165) is 18.9 Å². The van der Waals surface area contributed by atoms with Gasteiger partial charge < -0.3 is 10.0 Å². The van der Waals surface area contributed by atoms with Gasteiger partial charge in [0, 0.05) is 12.6 Å². The largest absolute Gasteiger partial charge is 0.478 e. The van der Waals surface area contributed by atoms with Crippen molar-refractivity contribution in [1.29, 1.82) is 5.26 Å². The molecular weight excluding hydrogens is 235 g/mol. The smallest absolute Gasteiger partial charge is 0.335 e. The first-order valence-corrected chi connectivity index (χ1v) is 5.80. The number of carbonyl (C=O) groups is 1. The number of hydrogen-bond donors (Lipinski definition) is 1. The van der Waals surface area contributed by atoms with Crippen molar-refractivity contribution >= 4 is 11.7 Å². The van der Waals surface area contributed by atoms with Crippen LogP contribution in [0.3, 0.4) is 0 Å². The molecule has 1 aliphatic rings. The Morgan fingerprint density at radius 1 is 1.56 bits per heavy atom. The second kappa shape index (κ2) is 5.05. The topological polar surface area (TPSA) is 64.3 Å². The van der Waals surface area contributed by atoms with E-state index >= 15 is 0 Å². The van der Waals surface area contributed by atoms with Gasteiger partial charge in [-0.25, -0.2) is 9.18 Å². The molecule has 0 heterocycles. The zero-order chi connectivity index (χ0) is 13.1. The Labute approximate surface area is 104 Å². The van der Waals surface area contributed by atoms with Crippen molar-refractivity contribution in [3.63, 3.8) is 0 Å². The zero-order valence-electron chi connectivity index (χ0n) is 9.77. The Balaban J connectivity index is 2.25. The molecule has 0 amide bonds. The van der Waals surface area contributed by atoms with Crippen LogP contribution in [0.15, 0.2) is 18.2 Å². The van der Waals surface area contributed by atoms with Crippen molar-refractivity contribution in [2.24, 2.45) is 0 Å². The van der Waals surface area contributed by atoms with Crippen LogP contribution in [0.5, 0.6) is 0 Å². The molecule has 0 saturated heterocycles. The summed E-state index contributed by atoms with van der Waals surface area (Å²) >= 11 is 0. The number of aromatic carboxylic acids is 1. The number of rotatable bonds is 5. The number of benzene rings is 1. The van der Waals surface area contributed by atoms with Gasteiger partial charge in [0.2, 0.25) is 0 Å². The number of anilines is 1. The van der Waals surface area contributed by atoms with Crippen LogP contribution in [-0.2, 0) is 0 Å². The molecule has 2 rings (SSSR count). The first-order chi connectivity index (χ1) is 8.63. The summed E-state index contributed by atoms with van der Waals surface area (Å²) in [4.78, 5) is 12.6. The third-order valence-corrected chi connectivity index (χ3v) is 2.96. The highest BCUT2D eigenvalue weighted by molar-refractivity contribution is 5.88. The summed E-state index contributed by atoms with van der Waals surface area (Å²) in [6.07, 6.45) is 2.31. The third-order valence-electron chi connectivity index (χ3n) is 2.96. The van der Waals surface area contributed by atoms with Crippen molar-refractivity contribution < 1.29 is 14.3 Å². The van der Waals surface area contributed by atoms with E-state index in [4.69, 9.17) is 10.4 Å². The SMILES string of the molecule is N#CCCN(c1ccc(C(=O)O)cc1F)C1CC1. The monoisotopic (exact) mass is 248 g/mol. The average Bonchev–Trinajstić information content (AvgIpc) is 3.15. The number of hydrogen-bond acceptors (Lipinski definition) is 3. The van der Waals surface area contributed by atoms with Gasteiger partial charge in [0.05, 0.1) is 23.7 Å². The Morgan fingerprint density at radius 3 is 2.78 bits per heavy atom. The molecule has 1 N–H and O–H groups in total. The fourth-order valence-corrected chi connectivity index (χ4v) is 1.93. The molecule has 1 saturated carbocycles. The average molecular weight is 248 g/mol. The van der Waals surface area contributed by atoms with Crippen molar-refractivity contribution in [3.05, 3.63) is 29.6 Å². The summed E-state index contributed by atoms with van der Waals surface area (Å²) in [5.74, 6) is -1.69. The Hall–Kier alpha value is -2.09. The number of carboxylic acid groups (broad SMARTS) is 1. The summed E-state index contributed by atoms with van der Waals surface area (Å²) in [6, 6.07) is 6.22. The highest BCUT2D eigenvalue weighted by atomic mass is 19.1. The molecule has 0 aromatic heterocycles. The fourth-order valence-electron chi connectivity index (χ4n) is 1.93. The van der Waals surface area contributed by atoms with Crippen LogP contribution in [0.2, 0.25) is 0 Å². The van der Waals surface area contributed by atoms with Gasteiger partial charge in [0.15, 0.2) is 0 Å². The van der Waals surface area contributed by atoms with Crippen molar-refractivity contribution in [2.75, 3.05) is 11.4 Å². The molecule has 0 aliphatic heterocycles. The number of nitriles is 1. The maximum Gasteiger partial charge on any atom is 0.335 e. The van der Waals surface area contributed by atoms with Crippen molar-refractivity contribution in [3.8, 4) is 6.07 Å². The van der Waals surface area contributed by atoms with Gasteiger partial charge in [-0.15, -0.1) is 0 Å². The van der Waals surface area contributed by atoms with Crippen LogP contribution in [0.25, 0.3) is 0 Å². The van der Waals surface area contributed by atoms with Crippen LogP contribution >= 0.6 is 0 Å². The van der Waals surface area contributed by atoms with Gasteiger partial charge in [-0.1, -0.05) is 0 Å². The summed E-state index contributed by atoms with van der Waals surface area (Å²) < 4.78 is 13.9. The van der Waals surface area contributed by atoms with Gasteiger partial charge >= 0.3 is 5.97 Å². The lowest BCUT2D eigenvalue weighted by atomic mass is 10.1. The summed E-state index contributed by atoms with van der Waals surface area (Å²) in [7, 11) is 0. The van der Waals surface area contributed by atoms with E-state index in [-0.39, 0.29) is 11.6 Å². The van der Waals surface area contributed by atoms with E-state index in [2.05, 4.69) is 0 Å². The number of nitrogens with zero attached hydrogens (tertiary/aromatic N) is 2. The lowest BCUT2D eigenvalue weighted by molar-refractivity contribution is 0.0696. The minimum atomic E-state index is -1.14. The second-order valence-corrected chi connectivity index (χ2v) is 4.30. The molecule has 1 aromatic rings. The first kappa shape index (κ1) is 12.4. The van der Waals surface area contributed by atoms with Gasteiger partial charge in [0.25, 0.3) is 0 Å². The summed E-state index contributed by atoms with van der Waals surface area (Å²) in [5, 5.41) is 17.4. The lowest BCUT2D eigenvalue weighted by Gasteiger charge is -2.24. The van der Waals surface area contributed by atoms with Crippen LogP contribution in [0, 0.1) is 17.1 Å². The third kappa shape index (κ3) is 2.59. The standard InChI is InChI=1S/C13H13FN2O2/c14-11-8-9(13(17)18)2-5-12(11)16(7-1-6-15)10-3-4-10/h2,5,8,10H,1,3-4,7H2,(H,17,18). The predicted octanol–water partition coefficient (Wildman–Crippen LogP) is 2.41. The van der Waals surface area contributed by atoms with E-state index in [1.165, 1.54) is 12.1 Å². The summed E-state index contributed by atoms with van der Waals surface area (Å²) in [5.41, 5.74) is 0.324. The molecule has 94 valence electrons. The Morgan fingerprint density at radius 2 is 2.28 bits per heavy atom. The highest BCUT2D eigenvalue weighted by Gasteiger charge is 2.30. The van der Waals surface area contributed by atoms with E-state index in [9.17, 15) is 9.18 Å². The normalized spacial score (nSPS) is 14.0. The molecule has 18 heavy (non-hydrogen) atoms. The fraction of sp³-hybridized carbons (Fsp3) is 0.385. The van der Waals surface area contributed by atoms with E-state index in [1.807, 2.05) is 11.0 Å². The molecule has 0 atom stereocenters. The van der Waals surface area contributed by atoms with Crippen molar-refractivity contribution in [2.45, 2.75) is 25.3 Å². The first-order valence-electron chi connectivity index (χ1n) is 5.80. The molecule has 1 fully saturated rings. The molecule has 5 heteroatoms. The minimum Gasteiger partial charge on any atom is -0.478 e. The quantitative estimate of drug-likeness (QED) is 0.869. The van der Waals surface area contributed by atoms with Gasteiger partial charge in [-0.2, -0.15) is 5.26 Å². The predicted molar refractivity (Wildman–Crippen MR) is 64.0 cm³/mol. The molecule has 1 aliphatic carbocycles. The van der Waals surface area contributed by atoms with Crippen LogP contribution < -0.4 is 4.90 Å². The minimum absolute atomic E-state index is 0.0627.